The number of hydrogen-bond donors (Lipinski definition) is 1. The zero-order valence-corrected chi connectivity index (χ0v) is 13.4. The van der Waals surface area contributed by atoms with Crippen molar-refractivity contribution >= 4 is 28.5 Å². The molecule has 3 aromatic rings. The molecule has 3 rings (SSSR count). The Labute approximate surface area is 140 Å². The second-order valence-electron chi connectivity index (χ2n) is 5.45. The van der Waals surface area contributed by atoms with Crippen LogP contribution in [0.15, 0.2) is 76.5 Å². The Morgan fingerprint density at radius 2 is 1.96 bits per heavy atom. The van der Waals surface area contributed by atoms with Gasteiger partial charge in [0.2, 0.25) is 5.91 Å². The number of hydrogen-bond acceptors (Lipinski definition) is 3. The Hall–Kier alpha value is -3.14. The van der Waals surface area contributed by atoms with E-state index in [0.717, 1.165) is 22.1 Å². The van der Waals surface area contributed by atoms with E-state index in [9.17, 15) is 4.79 Å². The minimum Gasteiger partial charge on any atom is -0.465 e. The lowest BCUT2D eigenvalue weighted by Crippen LogP contribution is -2.20. The van der Waals surface area contributed by atoms with Gasteiger partial charge in [0.25, 0.3) is 0 Å². The Bertz CT molecular complexity index is 888. The maximum absolute atomic E-state index is 12.1. The van der Waals surface area contributed by atoms with Crippen LogP contribution >= 0.6 is 0 Å². The molecule has 0 saturated heterocycles. The standard InChI is InChI=1S/C20H18N2O2/c1-15(11-12-18-9-5-13-24-18)21-22-20(23)14-17-8-4-7-16-6-2-3-10-19(16)17/h2-13H,14H2,1H3,(H,22,23). The van der Waals surface area contributed by atoms with Crippen LogP contribution in [0.25, 0.3) is 16.8 Å². The molecule has 4 nitrogen and oxygen atoms in total. The number of amides is 1. The normalized spacial score (nSPS) is 12.0. The van der Waals surface area contributed by atoms with Crippen LogP contribution in [0.2, 0.25) is 0 Å². The molecule has 0 fully saturated rings. The molecule has 0 bridgehead atoms. The van der Waals surface area contributed by atoms with Crippen LogP contribution in [-0.4, -0.2) is 11.6 Å². The summed E-state index contributed by atoms with van der Waals surface area (Å²) in [6.07, 6.45) is 5.49. The molecule has 0 saturated carbocycles. The molecule has 0 atom stereocenters. The van der Waals surface area contributed by atoms with Crippen molar-refractivity contribution in [2.24, 2.45) is 5.10 Å². The maximum Gasteiger partial charge on any atom is 0.244 e. The molecule has 120 valence electrons. The van der Waals surface area contributed by atoms with E-state index in [2.05, 4.69) is 10.5 Å². The van der Waals surface area contributed by atoms with Crippen molar-refractivity contribution in [1.82, 2.24) is 5.43 Å². The second-order valence-corrected chi connectivity index (χ2v) is 5.45. The lowest BCUT2D eigenvalue weighted by atomic mass is 10.0. The third-order valence-corrected chi connectivity index (χ3v) is 3.62. The van der Waals surface area contributed by atoms with Gasteiger partial charge in [-0.3, -0.25) is 4.79 Å². The molecule has 0 aliphatic carbocycles. The SMILES string of the molecule is CC(C=Cc1ccco1)=NNC(=O)Cc1cccc2ccccc12. The monoisotopic (exact) mass is 318 g/mol. The van der Waals surface area contributed by atoms with E-state index in [-0.39, 0.29) is 5.91 Å². The zero-order chi connectivity index (χ0) is 16.8. The number of nitrogens with zero attached hydrogens (tertiary/aromatic N) is 1. The number of carbonyl (C=O) groups is 1. The van der Waals surface area contributed by atoms with E-state index < -0.39 is 0 Å². The van der Waals surface area contributed by atoms with Gasteiger partial charge in [0.1, 0.15) is 5.76 Å². The van der Waals surface area contributed by atoms with Crippen LogP contribution in [0.5, 0.6) is 0 Å². The third-order valence-electron chi connectivity index (χ3n) is 3.62. The Balaban J connectivity index is 1.63. The van der Waals surface area contributed by atoms with Gasteiger partial charge in [-0.2, -0.15) is 5.10 Å². The molecule has 0 spiro atoms. The summed E-state index contributed by atoms with van der Waals surface area (Å²) in [5.74, 6) is 0.601. The lowest BCUT2D eigenvalue weighted by Gasteiger charge is -2.05. The van der Waals surface area contributed by atoms with Crippen LogP contribution in [-0.2, 0) is 11.2 Å². The summed E-state index contributed by atoms with van der Waals surface area (Å²) < 4.78 is 5.20. The maximum atomic E-state index is 12.1. The summed E-state index contributed by atoms with van der Waals surface area (Å²) in [7, 11) is 0. The Kier molecular flexibility index (Phi) is 4.87. The largest absolute Gasteiger partial charge is 0.465 e. The van der Waals surface area contributed by atoms with Gasteiger partial charge in [-0.05, 0) is 47.5 Å². The van der Waals surface area contributed by atoms with Crippen molar-refractivity contribution in [3.63, 3.8) is 0 Å². The molecule has 1 heterocycles. The second kappa shape index (κ2) is 7.42. The fourth-order valence-corrected chi connectivity index (χ4v) is 2.44. The lowest BCUT2D eigenvalue weighted by molar-refractivity contribution is -0.120. The van der Waals surface area contributed by atoms with E-state index >= 15 is 0 Å². The number of fused-ring (bicyclic) bond motifs is 1. The fraction of sp³-hybridized carbons (Fsp3) is 0.100. The quantitative estimate of drug-likeness (QED) is 0.567. The van der Waals surface area contributed by atoms with E-state index in [4.69, 9.17) is 4.42 Å². The van der Waals surface area contributed by atoms with Gasteiger partial charge < -0.3 is 4.42 Å². The summed E-state index contributed by atoms with van der Waals surface area (Å²) >= 11 is 0. The number of benzene rings is 2. The minimum absolute atomic E-state index is 0.142. The highest BCUT2D eigenvalue weighted by Crippen LogP contribution is 2.18. The highest BCUT2D eigenvalue weighted by molar-refractivity contribution is 5.97. The molecular formula is C20H18N2O2. The van der Waals surface area contributed by atoms with Gasteiger partial charge in [-0.15, -0.1) is 0 Å². The molecule has 1 amide bonds. The van der Waals surface area contributed by atoms with E-state index in [1.807, 2.05) is 61.5 Å². The first-order valence-corrected chi connectivity index (χ1v) is 7.74. The molecule has 2 aromatic carbocycles. The predicted octanol–water partition coefficient (Wildman–Crippen LogP) is 4.18. The van der Waals surface area contributed by atoms with Crippen molar-refractivity contribution in [2.75, 3.05) is 0 Å². The summed E-state index contributed by atoms with van der Waals surface area (Å²) in [5, 5.41) is 6.31. The van der Waals surface area contributed by atoms with Crippen molar-refractivity contribution in [3.8, 4) is 0 Å². The molecular weight excluding hydrogens is 300 g/mol. The van der Waals surface area contributed by atoms with Crippen molar-refractivity contribution in [1.29, 1.82) is 0 Å². The average molecular weight is 318 g/mol. The molecule has 0 radical (unpaired) electrons. The van der Waals surface area contributed by atoms with E-state index in [1.165, 1.54) is 0 Å². The smallest absolute Gasteiger partial charge is 0.244 e. The average Bonchev–Trinajstić information content (AvgIpc) is 3.12. The predicted molar refractivity (Wildman–Crippen MR) is 96.6 cm³/mol. The van der Waals surface area contributed by atoms with Gasteiger partial charge >= 0.3 is 0 Å². The number of rotatable bonds is 5. The Morgan fingerprint density at radius 1 is 1.12 bits per heavy atom. The van der Waals surface area contributed by atoms with Crippen molar-refractivity contribution in [3.05, 3.63) is 78.3 Å². The van der Waals surface area contributed by atoms with Gasteiger partial charge in [-0.25, -0.2) is 5.43 Å². The van der Waals surface area contributed by atoms with Crippen LogP contribution in [0.4, 0.5) is 0 Å². The third kappa shape index (κ3) is 3.98. The molecule has 1 aromatic heterocycles. The molecule has 0 aliphatic heterocycles. The van der Waals surface area contributed by atoms with Crippen molar-refractivity contribution < 1.29 is 9.21 Å². The summed E-state index contributed by atoms with van der Waals surface area (Å²) in [4.78, 5) is 12.1. The first-order chi connectivity index (χ1) is 11.7. The van der Waals surface area contributed by atoms with E-state index in [1.54, 1.807) is 18.4 Å². The van der Waals surface area contributed by atoms with E-state index in [0.29, 0.717) is 12.1 Å². The number of hydrazone groups is 1. The van der Waals surface area contributed by atoms with Crippen LogP contribution < -0.4 is 5.43 Å². The fourth-order valence-electron chi connectivity index (χ4n) is 2.44. The van der Waals surface area contributed by atoms with Crippen molar-refractivity contribution in [2.45, 2.75) is 13.3 Å². The van der Waals surface area contributed by atoms with Gasteiger partial charge in [-0.1, -0.05) is 42.5 Å². The van der Waals surface area contributed by atoms with Crippen LogP contribution in [0.3, 0.4) is 0 Å². The molecule has 1 N–H and O–H groups in total. The highest BCUT2D eigenvalue weighted by Gasteiger charge is 2.06. The van der Waals surface area contributed by atoms with Gasteiger partial charge in [0.15, 0.2) is 0 Å². The Morgan fingerprint density at radius 3 is 2.79 bits per heavy atom. The summed E-state index contributed by atoms with van der Waals surface area (Å²) in [6.45, 7) is 1.82. The summed E-state index contributed by atoms with van der Waals surface area (Å²) in [5.41, 5.74) is 4.28. The first-order valence-electron chi connectivity index (χ1n) is 7.74. The molecule has 24 heavy (non-hydrogen) atoms. The highest BCUT2D eigenvalue weighted by atomic mass is 16.3. The van der Waals surface area contributed by atoms with Gasteiger partial charge in [0.05, 0.1) is 18.4 Å². The minimum atomic E-state index is -0.142. The van der Waals surface area contributed by atoms with Crippen LogP contribution in [0, 0.1) is 0 Å². The van der Waals surface area contributed by atoms with Gasteiger partial charge in [0, 0.05) is 0 Å². The number of allylic oxidation sites excluding steroid dienone is 1. The number of nitrogens with one attached hydrogen (secondary N) is 1. The number of carbonyl (C=O) groups excluding carboxylic acids is 1. The van der Waals surface area contributed by atoms with Crippen LogP contribution in [0.1, 0.15) is 18.2 Å². The first kappa shape index (κ1) is 15.7. The molecule has 0 unspecified atom stereocenters. The number of furan rings is 1. The summed E-state index contributed by atoms with van der Waals surface area (Å²) in [6, 6.07) is 17.7. The topological polar surface area (TPSA) is 54.6 Å². The molecule has 4 heteroatoms. The zero-order valence-electron chi connectivity index (χ0n) is 13.4. The molecule has 0 aliphatic rings.